The smallest absolute Gasteiger partial charge is 0.0195 e. The Morgan fingerprint density at radius 2 is 1.89 bits per heavy atom. The second kappa shape index (κ2) is 6.13. The van der Waals surface area contributed by atoms with Crippen molar-refractivity contribution >= 4 is 0 Å². The fraction of sp³-hybridized carbons (Fsp3) is 1.00. The van der Waals surface area contributed by atoms with Crippen molar-refractivity contribution in [3.63, 3.8) is 0 Å². The predicted octanol–water partition coefficient (Wildman–Crippen LogP) is 3.47. The highest BCUT2D eigenvalue weighted by Crippen LogP contribution is 2.43. The van der Waals surface area contributed by atoms with Crippen molar-refractivity contribution in [3.05, 3.63) is 0 Å². The van der Waals surface area contributed by atoms with Crippen LogP contribution in [0.2, 0.25) is 0 Å². The molecule has 3 aliphatic rings. The van der Waals surface area contributed by atoms with Gasteiger partial charge in [-0.3, -0.25) is 0 Å². The number of nitrogens with one attached hydrogen (secondary N) is 2. The summed E-state index contributed by atoms with van der Waals surface area (Å²) in [6, 6.07) is 1.59. The average molecular weight is 264 g/mol. The Bertz CT molecular complexity index is 279. The molecule has 3 fully saturated rings. The summed E-state index contributed by atoms with van der Waals surface area (Å²) < 4.78 is 0. The van der Waals surface area contributed by atoms with Crippen molar-refractivity contribution in [2.24, 2.45) is 11.3 Å². The van der Waals surface area contributed by atoms with E-state index in [0.717, 1.165) is 18.0 Å². The lowest BCUT2D eigenvalue weighted by molar-refractivity contribution is 0.118. The number of hydrogen-bond acceptors (Lipinski definition) is 2. The minimum atomic E-state index is 0.669. The van der Waals surface area contributed by atoms with Crippen molar-refractivity contribution in [1.82, 2.24) is 10.6 Å². The Morgan fingerprint density at radius 3 is 2.63 bits per heavy atom. The van der Waals surface area contributed by atoms with Gasteiger partial charge in [0, 0.05) is 25.2 Å². The lowest BCUT2D eigenvalue weighted by Crippen LogP contribution is -2.53. The Labute approximate surface area is 119 Å². The molecular weight excluding hydrogens is 232 g/mol. The van der Waals surface area contributed by atoms with Gasteiger partial charge >= 0.3 is 0 Å². The van der Waals surface area contributed by atoms with E-state index in [2.05, 4.69) is 17.6 Å². The van der Waals surface area contributed by atoms with Gasteiger partial charge in [-0.2, -0.15) is 0 Å². The van der Waals surface area contributed by atoms with Gasteiger partial charge in [0.15, 0.2) is 0 Å². The number of fused-ring (bicyclic) bond motifs is 1. The molecule has 1 saturated heterocycles. The topological polar surface area (TPSA) is 24.1 Å². The summed E-state index contributed by atoms with van der Waals surface area (Å²) in [6.45, 7) is 4.83. The van der Waals surface area contributed by atoms with Crippen LogP contribution in [0.1, 0.15) is 71.1 Å². The highest BCUT2D eigenvalue weighted by atomic mass is 15.0. The van der Waals surface area contributed by atoms with Gasteiger partial charge in [-0.05, 0) is 56.3 Å². The lowest BCUT2D eigenvalue weighted by atomic mass is 9.67. The van der Waals surface area contributed by atoms with Gasteiger partial charge in [-0.15, -0.1) is 0 Å². The molecule has 110 valence electrons. The largest absolute Gasteiger partial charge is 0.315 e. The third-order valence-corrected chi connectivity index (χ3v) is 6.30. The molecule has 3 rings (SSSR count). The first-order valence-electron chi connectivity index (χ1n) is 8.78. The van der Waals surface area contributed by atoms with Gasteiger partial charge in [0.2, 0.25) is 0 Å². The van der Waals surface area contributed by atoms with Gasteiger partial charge in [0.05, 0.1) is 0 Å². The van der Waals surface area contributed by atoms with E-state index in [1.165, 1.54) is 77.3 Å². The van der Waals surface area contributed by atoms with E-state index in [4.69, 9.17) is 0 Å². The maximum absolute atomic E-state index is 3.93. The van der Waals surface area contributed by atoms with Gasteiger partial charge in [-0.25, -0.2) is 0 Å². The minimum absolute atomic E-state index is 0.669. The third kappa shape index (κ3) is 3.16. The van der Waals surface area contributed by atoms with Gasteiger partial charge in [-0.1, -0.05) is 26.2 Å². The molecule has 0 spiro atoms. The molecule has 19 heavy (non-hydrogen) atoms. The summed E-state index contributed by atoms with van der Waals surface area (Å²) in [4.78, 5) is 0. The zero-order chi connectivity index (χ0) is 13.1. The Kier molecular flexibility index (Phi) is 4.48. The maximum Gasteiger partial charge on any atom is 0.0195 e. The number of piperidine rings is 1. The molecule has 3 unspecified atom stereocenters. The molecule has 1 heterocycles. The van der Waals surface area contributed by atoms with E-state index in [1.54, 1.807) is 0 Å². The quantitative estimate of drug-likeness (QED) is 0.794. The molecule has 2 heteroatoms. The van der Waals surface area contributed by atoms with E-state index in [9.17, 15) is 0 Å². The van der Waals surface area contributed by atoms with E-state index in [-0.39, 0.29) is 0 Å². The number of hydrogen-bond donors (Lipinski definition) is 2. The Balaban J connectivity index is 1.39. The van der Waals surface area contributed by atoms with Gasteiger partial charge in [0.25, 0.3) is 0 Å². The molecule has 2 saturated carbocycles. The minimum Gasteiger partial charge on any atom is -0.315 e. The van der Waals surface area contributed by atoms with Crippen LogP contribution in [-0.2, 0) is 0 Å². The second-order valence-electron chi connectivity index (χ2n) is 7.43. The van der Waals surface area contributed by atoms with Crippen LogP contribution in [0.5, 0.6) is 0 Å². The van der Waals surface area contributed by atoms with E-state index in [0.29, 0.717) is 5.41 Å². The predicted molar refractivity (Wildman–Crippen MR) is 81.3 cm³/mol. The van der Waals surface area contributed by atoms with Crippen molar-refractivity contribution in [2.75, 3.05) is 13.1 Å². The fourth-order valence-corrected chi connectivity index (χ4v) is 4.58. The van der Waals surface area contributed by atoms with Crippen molar-refractivity contribution in [1.29, 1.82) is 0 Å². The van der Waals surface area contributed by atoms with Crippen LogP contribution in [0.15, 0.2) is 0 Å². The Hall–Kier alpha value is -0.0800. The zero-order valence-corrected chi connectivity index (χ0v) is 12.7. The SMILES string of the molecule is CCC1(CNCC2CCC3CCCCC3N2)CCC1. The highest BCUT2D eigenvalue weighted by Gasteiger charge is 2.35. The average Bonchev–Trinajstić information content (AvgIpc) is 2.42. The molecule has 0 aromatic heterocycles. The molecule has 3 atom stereocenters. The molecule has 0 amide bonds. The fourth-order valence-electron chi connectivity index (χ4n) is 4.58. The van der Waals surface area contributed by atoms with Crippen LogP contribution >= 0.6 is 0 Å². The molecule has 2 aliphatic carbocycles. The molecular formula is C17H32N2. The molecule has 2 nitrogen and oxygen atoms in total. The monoisotopic (exact) mass is 264 g/mol. The molecule has 0 aromatic rings. The van der Waals surface area contributed by atoms with Crippen LogP contribution in [0, 0.1) is 11.3 Å². The van der Waals surface area contributed by atoms with E-state index in [1.807, 2.05) is 0 Å². The first kappa shape index (κ1) is 13.9. The van der Waals surface area contributed by atoms with Crippen LogP contribution in [0.25, 0.3) is 0 Å². The van der Waals surface area contributed by atoms with Crippen molar-refractivity contribution in [2.45, 2.75) is 83.2 Å². The normalized spacial score (nSPS) is 37.4. The molecule has 0 aromatic carbocycles. The summed E-state index contributed by atoms with van der Waals surface area (Å²) >= 11 is 0. The van der Waals surface area contributed by atoms with E-state index >= 15 is 0 Å². The van der Waals surface area contributed by atoms with Crippen LogP contribution in [0.3, 0.4) is 0 Å². The first-order chi connectivity index (χ1) is 9.31. The zero-order valence-electron chi connectivity index (χ0n) is 12.7. The summed E-state index contributed by atoms with van der Waals surface area (Å²) in [5.74, 6) is 0.999. The summed E-state index contributed by atoms with van der Waals surface area (Å²) in [7, 11) is 0. The summed E-state index contributed by atoms with van der Waals surface area (Å²) in [5.41, 5.74) is 0.669. The molecule has 0 bridgehead atoms. The highest BCUT2D eigenvalue weighted by molar-refractivity contribution is 4.92. The van der Waals surface area contributed by atoms with Crippen molar-refractivity contribution < 1.29 is 0 Å². The van der Waals surface area contributed by atoms with Crippen LogP contribution in [0.4, 0.5) is 0 Å². The molecule has 0 radical (unpaired) electrons. The number of rotatable bonds is 5. The first-order valence-corrected chi connectivity index (χ1v) is 8.78. The second-order valence-corrected chi connectivity index (χ2v) is 7.43. The van der Waals surface area contributed by atoms with Gasteiger partial charge in [0.1, 0.15) is 0 Å². The summed E-state index contributed by atoms with van der Waals surface area (Å²) in [6.07, 6.45) is 14.5. The van der Waals surface area contributed by atoms with Crippen LogP contribution < -0.4 is 10.6 Å². The third-order valence-electron chi connectivity index (χ3n) is 6.30. The molecule has 2 N–H and O–H groups in total. The van der Waals surface area contributed by atoms with Crippen molar-refractivity contribution in [3.8, 4) is 0 Å². The lowest BCUT2D eigenvalue weighted by Gasteiger charge is -2.43. The summed E-state index contributed by atoms with van der Waals surface area (Å²) in [5, 5.41) is 7.71. The van der Waals surface area contributed by atoms with E-state index < -0.39 is 0 Å². The Morgan fingerprint density at radius 1 is 1.05 bits per heavy atom. The van der Waals surface area contributed by atoms with Crippen LogP contribution in [-0.4, -0.2) is 25.2 Å². The molecule has 1 aliphatic heterocycles. The maximum atomic E-state index is 3.93. The standard InChI is InChI=1S/C17H32N2/c1-2-17(10-5-11-17)13-18-12-15-9-8-14-6-3-4-7-16(14)19-15/h14-16,18-19H,2-13H2,1H3. The van der Waals surface area contributed by atoms with Gasteiger partial charge < -0.3 is 10.6 Å².